The Morgan fingerprint density at radius 3 is 2.85 bits per heavy atom. The van der Waals surface area contributed by atoms with Crippen molar-refractivity contribution in [1.29, 1.82) is 0 Å². The van der Waals surface area contributed by atoms with Crippen LogP contribution in [0.2, 0.25) is 0 Å². The summed E-state index contributed by atoms with van der Waals surface area (Å²) >= 11 is 0. The van der Waals surface area contributed by atoms with Gasteiger partial charge in [0.1, 0.15) is 0 Å². The van der Waals surface area contributed by atoms with E-state index < -0.39 is 0 Å². The number of hydrogen-bond donors (Lipinski definition) is 3. The second kappa shape index (κ2) is 5.94. The van der Waals surface area contributed by atoms with Gasteiger partial charge in [-0.15, -0.1) is 0 Å². The van der Waals surface area contributed by atoms with E-state index in [4.69, 9.17) is 0 Å². The zero-order valence-corrected chi connectivity index (χ0v) is 11.6. The molecular formula is C16H22N2O2. The molecule has 1 aliphatic carbocycles. The smallest absolute Gasteiger partial charge is 0.237 e. The second-order valence-corrected chi connectivity index (χ2v) is 5.98. The number of aliphatic hydroxyl groups is 1. The van der Waals surface area contributed by atoms with E-state index in [2.05, 4.69) is 22.8 Å². The van der Waals surface area contributed by atoms with Gasteiger partial charge in [-0.2, -0.15) is 0 Å². The van der Waals surface area contributed by atoms with Crippen molar-refractivity contribution in [3.05, 3.63) is 35.4 Å². The average Bonchev–Trinajstić information content (AvgIpc) is 2.90. The number of carbonyl (C=O) groups is 1. The fourth-order valence-corrected chi connectivity index (χ4v) is 3.24. The molecule has 2 aliphatic rings. The molecule has 3 N–H and O–H groups in total. The van der Waals surface area contributed by atoms with Gasteiger partial charge in [-0.05, 0) is 42.7 Å². The minimum Gasteiger partial charge on any atom is -0.393 e. The van der Waals surface area contributed by atoms with Crippen molar-refractivity contribution in [2.75, 3.05) is 6.54 Å². The van der Waals surface area contributed by atoms with Crippen LogP contribution in [0.1, 0.15) is 30.4 Å². The number of hydrogen-bond acceptors (Lipinski definition) is 3. The van der Waals surface area contributed by atoms with Crippen LogP contribution in [-0.2, 0) is 17.8 Å². The molecule has 1 heterocycles. The third kappa shape index (κ3) is 3.02. The molecule has 0 radical (unpaired) electrons. The summed E-state index contributed by atoms with van der Waals surface area (Å²) < 4.78 is 0. The first-order valence-corrected chi connectivity index (χ1v) is 7.48. The molecule has 3 rings (SSSR count). The highest BCUT2D eigenvalue weighted by Crippen LogP contribution is 2.24. The third-order valence-electron chi connectivity index (χ3n) is 4.48. The highest BCUT2D eigenvalue weighted by molar-refractivity contribution is 5.82. The van der Waals surface area contributed by atoms with Gasteiger partial charge in [-0.1, -0.05) is 24.3 Å². The van der Waals surface area contributed by atoms with E-state index in [9.17, 15) is 9.90 Å². The van der Waals surface area contributed by atoms with E-state index in [0.29, 0.717) is 12.5 Å². The normalized spacial score (nSPS) is 28.9. The van der Waals surface area contributed by atoms with Crippen LogP contribution >= 0.6 is 0 Å². The minimum atomic E-state index is -0.170. The number of rotatable bonds is 3. The van der Waals surface area contributed by atoms with Gasteiger partial charge in [0.25, 0.3) is 0 Å². The van der Waals surface area contributed by atoms with Crippen LogP contribution in [0.15, 0.2) is 24.3 Å². The average molecular weight is 274 g/mol. The van der Waals surface area contributed by atoms with Gasteiger partial charge < -0.3 is 15.7 Å². The maximum absolute atomic E-state index is 12.2. The quantitative estimate of drug-likeness (QED) is 0.770. The third-order valence-corrected chi connectivity index (χ3v) is 4.48. The van der Waals surface area contributed by atoms with E-state index in [1.807, 2.05) is 12.1 Å². The Morgan fingerprint density at radius 1 is 1.30 bits per heavy atom. The van der Waals surface area contributed by atoms with Gasteiger partial charge in [0.15, 0.2) is 0 Å². The summed E-state index contributed by atoms with van der Waals surface area (Å²) in [5.74, 6) is 0.519. The van der Waals surface area contributed by atoms with E-state index in [-0.39, 0.29) is 18.1 Å². The van der Waals surface area contributed by atoms with Gasteiger partial charge >= 0.3 is 0 Å². The van der Waals surface area contributed by atoms with Crippen molar-refractivity contribution in [3.63, 3.8) is 0 Å². The molecule has 3 atom stereocenters. The van der Waals surface area contributed by atoms with E-state index in [0.717, 1.165) is 32.2 Å². The summed E-state index contributed by atoms with van der Waals surface area (Å²) in [4.78, 5) is 12.2. The Morgan fingerprint density at radius 2 is 2.10 bits per heavy atom. The SMILES string of the molecule is O=C(NCC1CCC(O)C1)[C@H]1Cc2ccccc2CN1. The van der Waals surface area contributed by atoms with Crippen molar-refractivity contribution in [1.82, 2.24) is 10.6 Å². The number of benzene rings is 1. The molecule has 1 aromatic carbocycles. The van der Waals surface area contributed by atoms with E-state index in [1.165, 1.54) is 11.1 Å². The van der Waals surface area contributed by atoms with Gasteiger partial charge in [0.2, 0.25) is 5.91 Å². The number of aliphatic hydroxyl groups excluding tert-OH is 1. The van der Waals surface area contributed by atoms with Crippen molar-refractivity contribution >= 4 is 5.91 Å². The van der Waals surface area contributed by atoms with Crippen LogP contribution in [0.4, 0.5) is 0 Å². The first-order valence-electron chi connectivity index (χ1n) is 7.48. The maximum atomic E-state index is 12.2. The summed E-state index contributed by atoms with van der Waals surface area (Å²) in [5, 5.41) is 15.8. The molecule has 0 saturated heterocycles. The topological polar surface area (TPSA) is 61.4 Å². The predicted molar refractivity (Wildman–Crippen MR) is 77.1 cm³/mol. The first kappa shape index (κ1) is 13.6. The molecule has 0 spiro atoms. The fraction of sp³-hybridized carbons (Fsp3) is 0.562. The van der Waals surface area contributed by atoms with Gasteiger partial charge in [-0.3, -0.25) is 4.79 Å². The molecule has 1 amide bonds. The van der Waals surface area contributed by atoms with Crippen molar-refractivity contribution in [3.8, 4) is 0 Å². The molecule has 2 unspecified atom stereocenters. The lowest BCUT2D eigenvalue weighted by Gasteiger charge is -2.25. The molecule has 1 saturated carbocycles. The van der Waals surface area contributed by atoms with E-state index >= 15 is 0 Å². The predicted octanol–water partition coefficient (Wildman–Crippen LogP) is 0.978. The highest BCUT2D eigenvalue weighted by atomic mass is 16.3. The number of nitrogens with one attached hydrogen (secondary N) is 2. The summed E-state index contributed by atoms with van der Waals surface area (Å²) in [5.41, 5.74) is 2.55. The van der Waals surface area contributed by atoms with Gasteiger partial charge in [0.05, 0.1) is 12.1 Å². The van der Waals surface area contributed by atoms with Crippen molar-refractivity contribution < 1.29 is 9.90 Å². The van der Waals surface area contributed by atoms with Gasteiger partial charge in [-0.25, -0.2) is 0 Å². The lowest BCUT2D eigenvalue weighted by molar-refractivity contribution is -0.123. The molecule has 4 heteroatoms. The Kier molecular flexibility index (Phi) is 4.03. The zero-order chi connectivity index (χ0) is 13.9. The van der Waals surface area contributed by atoms with Crippen LogP contribution in [-0.4, -0.2) is 29.7 Å². The summed E-state index contributed by atoms with van der Waals surface area (Å²) in [6.45, 7) is 1.45. The van der Waals surface area contributed by atoms with Crippen LogP contribution in [0.5, 0.6) is 0 Å². The molecule has 4 nitrogen and oxygen atoms in total. The minimum absolute atomic E-state index is 0.0842. The zero-order valence-electron chi connectivity index (χ0n) is 11.6. The Bertz CT molecular complexity index is 489. The molecule has 20 heavy (non-hydrogen) atoms. The summed E-state index contributed by atoms with van der Waals surface area (Å²) in [6, 6.07) is 8.14. The Balaban J connectivity index is 1.51. The second-order valence-electron chi connectivity index (χ2n) is 5.98. The fourth-order valence-electron chi connectivity index (χ4n) is 3.24. The molecule has 1 fully saturated rings. The molecule has 0 aromatic heterocycles. The summed E-state index contributed by atoms with van der Waals surface area (Å²) in [7, 11) is 0. The lowest BCUT2D eigenvalue weighted by Crippen LogP contribution is -2.48. The molecule has 108 valence electrons. The number of fused-ring (bicyclic) bond motifs is 1. The number of carbonyl (C=O) groups excluding carboxylic acids is 1. The molecule has 0 bridgehead atoms. The first-order chi connectivity index (χ1) is 9.72. The van der Waals surface area contributed by atoms with Crippen molar-refractivity contribution in [2.24, 2.45) is 5.92 Å². The lowest BCUT2D eigenvalue weighted by atomic mass is 9.95. The van der Waals surface area contributed by atoms with Gasteiger partial charge in [0, 0.05) is 13.1 Å². The molecular weight excluding hydrogens is 252 g/mol. The van der Waals surface area contributed by atoms with Crippen LogP contribution in [0.3, 0.4) is 0 Å². The van der Waals surface area contributed by atoms with E-state index in [1.54, 1.807) is 0 Å². The summed E-state index contributed by atoms with van der Waals surface area (Å²) in [6.07, 6.45) is 3.30. The highest BCUT2D eigenvalue weighted by Gasteiger charge is 2.26. The Labute approximate surface area is 119 Å². The van der Waals surface area contributed by atoms with Crippen LogP contribution < -0.4 is 10.6 Å². The van der Waals surface area contributed by atoms with Crippen molar-refractivity contribution in [2.45, 2.75) is 44.4 Å². The molecule has 1 aliphatic heterocycles. The largest absolute Gasteiger partial charge is 0.393 e. The van der Waals surface area contributed by atoms with Crippen LogP contribution in [0.25, 0.3) is 0 Å². The molecule has 1 aromatic rings. The maximum Gasteiger partial charge on any atom is 0.237 e. The number of amides is 1. The monoisotopic (exact) mass is 274 g/mol. The van der Waals surface area contributed by atoms with Crippen LogP contribution in [0, 0.1) is 5.92 Å². The standard InChI is InChI=1S/C16H22N2O2/c19-14-6-5-11(7-14)9-18-16(20)15-8-12-3-1-2-4-13(12)10-17-15/h1-4,11,14-15,17,19H,5-10H2,(H,18,20)/t11?,14?,15-/m1/s1. The Hall–Kier alpha value is -1.39.